The minimum atomic E-state index is -0.769. The van der Waals surface area contributed by atoms with E-state index < -0.39 is 5.97 Å². The highest BCUT2D eigenvalue weighted by Gasteiger charge is 2.30. The summed E-state index contributed by atoms with van der Waals surface area (Å²) >= 11 is 6.23. The fraction of sp³-hybridized carbons (Fsp3) is 0.350. The molecule has 1 aliphatic heterocycles. The summed E-state index contributed by atoms with van der Waals surface area (Å²) < 4.78 is 0. The van der Waals surface area contributed by atoms with Gasteiger partial charge in [-0.3, -0.25) is 14.6 Å². The molecule has 2 aromatic carbocycles. The number of nitrogens with zero attached hydrogens (tertiary/aromatic N) is 2. The van der Waals surface area contributed by atoms with E-state index in [1.807, 2.05) is 29.2 Å². The highest BCUT2D eigenvalue weighted by Crippen LogP contribution is 2.31. The van der Waals surface area contributed by atoms with Gasteiger partial charge >= 0.3 is 5.97 Å². The Bertz CT molecular complexity index is 730. The predicted molar refractivity (Wildman–Crippen MR) is 114 cm³/mol. The monoisotopic (exact) mass is 430 g/mol. The molecule has 0 spiro atoms. The third kappa shape index (κ3) is 6.09. The fourth-order valence-electron chi connectivity index (χ4n) is 3.59. The van der Waals surface area contributed by atoms with Gasteiger partial charge in [0.2, 0.25) is 0 Å². The van der Waals surface area contributed by atoms with E-state index in [1.165, 1.54) is 5.56 Å². The molecule has 1 fully saturated rings. The molecule has 2 atom stereocenters. The van der Waals surface area contributed by atoms with Gasteiger partial charge in [0.1, 0.15) is 0 Å². The zero-order valence-electron chi connectivity index (χ0n) is 15.1. The lowest BCUT2D eigenvalue weighted by atomic mass is 9.95. The van der Waals surface area contributed by atoms with Gasteiger partial charge in [-0.2, -0.15) is 0 Å². The lowest BCUT2D eigenvalue weighted by molar-refractivity contribution is -0.139. The number of carboxylic acids is 1. The van der Waals surface area contributed by atoms with Crippen LogP contribution in [0.3, 0.4) is 0 Å². The Morgan fingerprint density at radius 2 is 1.78 bits per heavy atom. The molecule has 27 heavy (non-hydrogen) atoms. The normalized spacial score (nSPS) is 18.8. The van der Waals surface area contributed by atoms with E-state index in [0.717, 1.165) is 30.2 Å². The molecule has 1 unspecified atom stereocenters. The average molecular weight is 432 g/mol. The summed E-state index contributed by atoms with van der Waals surface area (Å²) in [5.41, 5.74) is 2.39. The second kappa shape index (κ2) is 10.9. The van der Waals surface area contributed by atoms with Crippen molar-refractivity contribution in [1.29, 1.82) is 0 Å². The van der Waals surface area contributed by atoms with Gasteiger partial charge in [0, 0.05) is 30.7 Å². The molecule has 0 bridgehead atoms. The number of hydrogen-bond acceptors (Lipinski definition) is 3. The number of carbonyl (C=O) groups is 1. The zero-order valence-corrected chi connectivity index (χ0v) is 17.5. The molecule has 2 aromatic rings. The Labute approximate surface area is 177 Å². The van der Waals surface area contributed by atoms with Gasteiger partial charge in [-0.05, 0) is 30.2 Å². The predicted octanol–water partition coefficient (Wildman–Crippen LogP) is 4.36. The maximum Gasteiger partial charge on any atom is 0.317 e. The lowest BCUT2D eigenvalue weighted by Crippen LogP contribution is -2.54. The van der Waals surface area contributed by atoms with Gasteiger partial charge < -0.3 is 5.11 Å². The largest absolute Gasteiger partial charge is 0.480 e. The van der Waals surface area contributed by atoms with Crippen molar-refractivity contribution >= 4 is 42.4 Å². The Balaban J connectivity index is 0.00000182. The van der Waals surface area contributed by atoms with E-state index in [9.17, 15) is 4.79 Å². The van der Waals surface area contributed by atoms with Crippen LogP contribution >= 0.6 is 36.4 Å². The van der Waals surface area contributed by atoms with Gasteiger partial charge in [0.05, 0.1) is 12.6 Å². The minimum absolute atomic E-state index is 0. The van der Waals surface area contributed by atoms with E-state index in [1.54, 1.807) is 0 Å². The molecule has 0 radical (unpaired) electrons. The van der Waals surface area contributed by atoms with Gasteiger partial charge in [0.15, 0.2) is 0 Å². The molecule has 1 saturated heterocycles. The van der Waals surface area contributed by atoms with Crippen LogP contribution in [0.5, 0.6) is 0 Å². The summed E-state index contributed by atoms with van der Waals surface area (Å²) in [6.45, 7) is 4.58. The van der Waals surface area contributed by atoms with Crippen molar-refractivity contribution in [1.82, 2.24) is 9.80 Å². The number of hydrogen-bond donors (Lipinski definition) is 1. The topological polar surface area (TPSA) is 43.8 Å². The highest BCUT2D eigenvalue weighted by atomic mass is 35.5. The molecule has 1 aliphatic rings. The smallest absolute Gasteiger partial charge is 0.317 e. The molecular weight excluding hydrogens is 407 g/mol. The maximum atomic E-state index is 11.0. The molecule has 4 nitrogen and oxygen atoms in total. The van der Waals surface area contributed by atoms with E-state index >= 15 is 0 Å². The number of aliphatic carboxylic acids is 1. The summed E-state index contributed by atoms with van der Waals surface area (Å²) in [6, 6.07) is 18.7. The minimum Gasteiger partial charge on any atom is -0.480 e. The number of piperazine rings is 1. The van der Waals surface area contributed by atoms with Crippen LogP contribution in [0.4, 0.5) is 0 Å². The van der Waals surface area contributed by atoms with Crippen molar-refractivity contribution in [3.63, 3.8) is 0 Å². The molecule has 0 aromatic heterocycles. The zero-order chi connectivity index (χ0) is 17.8. The Morgan fingerprint density at radius 1 is 1.11 bits per heavy atom. The van der Waals surface area contributed by atoms with Gasteiger partial charge in [0.25, 0.3) is 0 Å². The highest BCUT2D eigenvalue weighted by molar-refractivity contribution is 6.30. The van der Waals surface area contributed by atoms with Crippen LogP contribution in [0.2, 0.25) is 5.02 Å². The third-order valence-electron chi connectivity index (χ3n) is 4.78. The Morgan fingerprint density at radius 3 is 2.37 bits per heavy atom. The molecule has 3 rings (SSSR count). The van der Waals surface area contributed by atoms with Crippen LogP contribution in [0.1, 0.15) is 24.1 Å². The van der Waals surface area contributed by atoms with Crippen molar-refractivity contribution in [3.05, 3.63) is 70.7 Å². The number of carboxylic acid groups (broad SMARTS) is 1. The summed E-state index contributed by atoms with van der Waals surface area (Å²) in [4.78, 5) is 15.5. The average Bonchev–Trinajstić information content (AvgIpc) is 2.58. The fourth-order valence-corrected chi connectivity index (χ4v) is 3.79. The van der Waals surface area contributed by atoms with Crippen LogP contribution in [0, 0.1) is 0 Å². The van der Waals surface area contributed by atoms with Crippen LogP contribution in [-0.2, 0) is 4.79 Å². The van der Waals surface area contributed by atoms with Crippen LogP contribution in [-0.4, -0.2) is 53.1 Å². The van der Waals surface area contributed by atoms with Gasteiger partial charge in [-0.25, -0.2) is 0 Å². The summed E-state index contributed by atoms with van der Waals surface area (Å²) in [6.07, 6.45) is 0. The number of halogens is 3. The number of rotatable bonds is 5. The van der Waals surface area contributed by atoms with E-state index in [-0.39, 0.29) is 43.4 Å². The van der Waals surface area contributed by atoms with E-state index in [0.29, 0.717) is 0 Å². The van der Waals surface area contributed by atoms with Gasteiger partial charge in [-0.15, -0.1) is 24.8 Å². The van der Waals surface area contributed by atoms with Crippen molar-refractivity contribution in [3.8, 4) is 0 Å². The molecule has 1 heterocycles. The third-order valence-corrected chi connectivity index (χ3v) is 5.01. The molecule has 0 aliphatic carbocycles. The first-order valence-electron chi connectivity index (χ1n) is 8.55. The molecule has 1 N–H and O–H groups in total. The quantitative estimate of drug-likeness (QED) is 0.764. The molecule has 0 amide bonds. The van der Waals surface area contributed by atoms with E-state index in [2.05, 4.69) is 42.2 Å². The van der Waals surface area contributed by atoms with Gasteiger partial charge in [-0.1, -0.05) is 54.1 Å². The lowest BCUT2D eigenvalue weighted by Gasteiger charge is -2.43. The maximum absolute atomic E-state index is 11.0. The Kier molecular flexibility index (Phi) is 9.57. The molecular formula is C20H25Cl3N2O2. The van der Waals surface area contributed by atoms with E-state index in [4.69, 9.17) is 16.7 Å². The summed E-state index contributed by atoms with van der Waals surface area (Å²) in [7, 11) is 0. The van der Waals surface area contributed by atoms with Crippen LogP contribution < -0.4 is 0 Å². The molecule has 148 valence electrons. The number of benzene rings is 2. The first-order chi connectivity index (χ1) is 12.0. The summed E-state index contributed by atoms with van der Waals surface area (Å²) in [5, 5.41) is 9.81. The standard InChI is InChI=1S/C20H23ClN2O2.2ClH/c1-15-13-23(11-10-22(15)14-19(24)25)20(16-6-3-2-4-7-16)17-8-5-9-18(21)12-17;;/h2-9,12,15,20H,10-11,13-14H2,1H3,(H,24,25);2*1H/t15?,20-;;/m1../s1. The van der Waals surface area contributed by atoms with Crippen molar-refractivity contribution < 1.29 is 9.90 Å². The first-order valence-corrected chi connectivity index (χ1v) is 8.92. The summed E-state index contributed by atoms with van der Waals surface area (Å²) in [5.74, 6) is -0.769. The molecule has 0 saturated carbocycles. The molecule has 7 heteroatoms. The SMILES string of the molecule is CC1CN([C@H](c2ccccc2)c2cccc(Cl)c2)CCN1CC(=O)O.Cl.Cl. The first kappa shape index (κ1) is 23.7. The van der Waals surface area contributed by atoms with Crippen molar-refractivity contribution in [2.75, 3.05) is 26.2 Å². The Hall–Kier alpha value is -1.30. The van der Waals surface area contributed by atoms with Crippen molar-refractivity contribution in [2.45, 2.75) is 19.0 Å². The van der Waals surface area contributed by atoms with Crippen molar-refractivity contribution in [2.24, 2.45) is 0 Å². The van der Waals surface area contributed by atoms with Crippen LogP contribution in [0.15, 0.2) is 54.6 Å². The second-order valence-corrected chi connectivity index (χ2v) is 7.01. The second-order valence-electron chi connectivity index (χ2n) is 6.58. The van der Waals surface area contributed by atoms with Crippen LogP contribution in [0.25, 0.3) is 0 Å².